The second-order valence-electron chi connectivity index (χ2n) is 5.93. The first-order valence-electron chi connectivity index (χ1n) is 8.20. The maximum absolute atomic E-state index is 11.7. The van der Waals surface area contributed by atoms with E-state index in [0.717, 1.165) is 12.0 Å². The summed E-state index contributed by atoms with van der Waals surface area (Å²) in [6.45, 7) is 0.733. The number of nitrogens with two attached hydrogens (primary N) is 1. The molecule has 0 bridgehead atoms. The Kier molecular flexibility index (Phi) is 6.72. The third kappa shape index (κ3) is 6.18. The van der Waals surface area contributed by atoms with Gasteiger partial charge in [-0.2, -0.15) is 0 Å². The molecule has 2 rings (SSSR count). The van der Waals surface area contributed by atoms with Gasteiger partial charge in [-0.25, -0.2) is 9.59 Å². The molecule has 23 heavy (non-hydrogen) atoms. The summed E-state index contributed by atoms with van der Waals surface area (Å²) in [6, 6.07) is 6.53. The molecule has 0 unspecified atom stereocenters. The summed E-state index contributed by atoms with van der Waals surface area (Å²) in [7, 11) is 0. The van der Waals surface area contributed by atoms with Crippen LogP contribution < -0.4 is 16.4 Å². The Morgan fingerprint density at radius 1 is 1.17 bits per heavy atom. The zero-order valence-corrected chi connectivity index (χ0v) is 13.3. The highest BCUT2D eigenvalue weighted by Gasteiger charge is 2.14. The van der Waals surface area contributed by atoms with Gasteiger partial charge < -0.3 is 21.1 Å². The minimum Gasteiger partial charge on any atom is -0.450 e. The van der Waals surface area contributed by atoms with Gasteiger partial charge in [-0.1, -0.05) is 50.3 Å². The lowest BCUT2D eigenvalue weighted by molar-refractivity contribution is 0.134. The molecule has 0 heterocycles. The van der Waals surface area contributed by atoms with Crippen molar-refractivity contribution < 1.29 is 14.3 Å². The first-order valence-corrected chi connectivity index (χ1v) is 8.20. The Hall–Kier alpha value is -2.24. The zero-order valence-electron chi connectivity index (χ0n) is 13.3. The smallest absolute Gasteiger partial charge is 0.407 e. The zero-order chi connectivity index (χ0) is 16.5. The quantitative estimate of drug-likeness (QED) is 0.750. The predicted molar refractivity (Wildman–Crippen MR) is 89.0 cm³/mol. The summed E-state index contributed by atoms with van der Waals surface area (Å²) < 4.78 is 5.23. The van der Waals surface area contributed by atoms with Crippen LogP contribution in [0.3, 0.4) is 0 Å². The van der Waals surface area contributed by atoms with Crippen molar-refractivity contribution in [1.29, 1.82) is 0 Å². The fraction of sp³-hybridized carbons (Fsp3) is 0.529. The fourth-order valence-electron chi connectivity index (χ4n) is 2.94. The minimum atomic E-state index is -0.632. The molecule has 1 aliphatic carbocycles. The van der Waals surface area contributed by atoms with Gasteiger partial charge in [0.15, 0.2) is 0 Å². The van der Waals surface area contributed by atoms with E-state index in [0.29, 0.717) is 18.2 Å². The van der Waals surface area contributed by atoms with Crippen LogP contribution in [-0.4, -0.2) is 18.7 Å². The van der Waals surface area contributed by atoms with Crippen molar-refractivity contribution in [2.45, 2.75) is 45.1 Å². The number of benzene rings is 1. The maximum atomic E-state index is 11.7. The summed E-state index contributed by atoms with van der Waals surface area (Å²) in [4.78, 5) is 22.7. The molecule has 126 valence electrons. The number of anilines is 1. The van der Waals surface area contributed by atoms with Crippen LogP contribution in [0.25, 0.3) is 0 Å². The number of primary amides is 1. The number of carbonyl (C=O) groups is 2. The number of alkyl carbamates (subject to hydrolysis) is 1. The molecular weight excluding hydrogens is 294 g/mol. The molecule has 1 fully saturated rings. The number of urea groups is 1. The van der Waals surface area contributed by atoms with Gasteiger partial charge in [-0.3, -0.25) is 0 Å². The highest BCUT2D eigenvalue weighted by molar-refractivity contribution is 5.88. The highest BCUT2D eigenvalue weighted by Crippen LogP contribution is 2.26. The lowest BCUT2D eigenvalue weighted by Gasteiger charge is -2.21. The molecule has 0 saturated heterocycles. The van der Waals surface area contributed by atoms with Crippen LogP contribution in [0, 0.1) is 5.92 Å². The summed E-state index contributed by atoms with van der Waals surface area (Å²) in [6.07, 6.45) is 6.91. The van der Waals surface area contributed by atoms with E-state index in [-0.39, 0.29) is 6.54 Å². The standard InChI is InChI=1S/C17H25N3O3/c18-16(21)20-15-9-5-4-8-14(15)12-19-17(22)23-11-10-13-6-2-1-3-7-13/h4-5,8-9,13H,1-3,6-7,10-12H2,(H,19,22)(H3,18,20,21). The molecule has 3 amide bonds. The first kappa shape index (κ1) is 17.1. The fourth-order valence-corrected chi connectivity index (χ4v) is 2.94. The van der Waals surface area contributed by atoms with Crippen molar-refractivity contribution in [2.75, 3.05) is 11.9 Å². The average Bonchev–Trinajstić information content (AvgIpc) is 2.54. The minimum absolute atomic E-state index is 0.277. The van der Waals surface area contributed by atoms with Crippen molar-refractivity contribution in [3.63, 3.8) is 0 Å². The van der Waals surface area contributed by atoms with E-state index in [2.05, 4.69) is 10.6 Å². The number of carbonyl (C=O) groups excluding carboxylic acids is 2. The maximum Gasteiger partial charge on any atom is 0.407 e. The van der Waals surface area contributed by atoms with E-state index in [1.54, 1.807) is 12.1 Å². The number of hydrogen-bond donors (Lipinski definition) is 3. The van der Waals surface area contributed by atoms with Crippen LogP contribution in [0.2, 0.25) is 0 Å². The largest absolute Gasteiger partial charge is 0.450 e. The van der Waals surface area contributed by atoms with Crippen LogP contribution >= 0.6 is 0 Å². The SMILES string of the molecule is NC(=O)Nc1ccccc1CNC(=O)OCCC1CCCCC1. The third-order valence-electron chi connectivity index (χ3n) is 4.18. The van der Waals surface area contributed by atoms with E-state index in [4.69, 9.17) is 10.5 Å². The Bertz CT molecular complexity index is 528. The van der Waals surface area contributed by atoms with Crippen molar-refractivity contribution in [1.82, 2.24) is 5.32 Å². The van der Waals surface area contributed by atoms with E-state index in [1.807, 2.05) is 12.1 Å². The number of hydrogen-bond acceptors (Lipinski definition) is 3. The molecule has 1 aliphatic rings. The van der Waals surface area contributed by atoms with Crippen LogP contribution in [-0.2, 0) is 11.3 Å². The molecule has 6 nitrogen and oxygen atoms in total. The van der Waals surface area contributed by atoms with Crippen molar-refractivity contribution in [2.24, 2.45) is 11.7 Å². The second-order valence-corrected chi connectivity index (χ2v) is 5.93. The first-order chi connectivity index (χ1) is 11.1. The second kappa shape index (κ2) is 9.02. The molecular formula is C17H25N3O3. The normalized spacial score (nSPS) is 15.0. The van der Waals surface area contributed by atoms with Gasteiger partial charge in [0.2, 0.25) is 0 Å². The van der Waals surface area contributed by atoms with Crippen molar-refractivity contribution in [3.05, 3.63) is 29.8 Å². The van der Waals surface area contributed by atoms with Gasteiger partial charge in [0.25, 0.3) is 0 Å². The average molecular weight is 319 g/mol. The Morgan fingerprint density at radius 2 is 1.91 bits per heavy atom. The lowest BCUT2D eigenvalue weighted by atomic mass is 9.87. The van der Waals surface area contributed by atoms with Crippen molar-refractivity contribution >= 4 is 17.8 Å². The molecule has 0 radical (unpaired) electrons. The summed E-state index contributed by atoms with van der Waals surface area (Å²) >= 11 is 0. The van der Waals surface area contributed by atoms with Crippen molar-refractivity contribution in [3.8, 4) is 0 Å². The van der Waals surface area contributed by atoms with E-state index in [9.17, 15) is 9.59 Å². The lowest BCUT2D eigenvalue weighted by Crippen LogP contribution is -2.26. The van der Waals surface area contributed by atoms with E-state index < -0.39 is 12.1 Å². The van der Waals surface area contributed by atoms with Gasteiger partial charge in [-0.15, -0.1) is 0 Å². The molecule has 6 heteroatoms. The van der Waals surface area contributed by atoms with Gasteiger partial charge in [0.05, 0.1) is 6.61 Å². The van der Waals surface area contributed by atoms with E-state index >= 15 is 0 Å². The molecule has 4 N–H and O–H groups in total. The molecule has 1 saturated carbocycles. The molecule has 0 aromatic heterocycles. The van der Waals surface area contributed by atoms with Crippen LogP contribution in [0.1, 0.15) is 44.1 Å². The van der Waals surface area contributed by atoms with Gasteiger partial charge in [0, 0.05) is 12.2 Å². The summed E-state index contributed by atoms with van der Waals surface area (Å²) in [5.41, 5.74) is 6.48. The molecule has 1 aromatic carbocycles. The number of nitrogens with one attached hydrogen (secondary N) is 2. The summed E-state index contributed by atoms with van der Waals surface area (Å²) in [5.74, 6) is 0.692. The number of ether oxygens (including phenoxy) is 1. The topological polar surface area (TPSA) is 93.5 Å². The Labute approximate surface area is 136 Å². The Balaban J connectivity index is 1.70. The van der Waals surface area contributed by atoms with Crippen LogP contribution in [0.5, 0.6) is 0 Å². The number of para-hydroxylation sites is 1. The van der Waals surface area contributed by atoms with Gasteiger partial charge in [-0.05, 0) is 24.0 Å². The van der Waals surface area contributed by atoms with Gasteiger partial charge >= 0.3 is 12.1 Å². The predicted octanol–water partition coefficient (Wildman–Crippen LogP) is 3.37. The summed E-state index contributed by atoms with van der Waals surface area (Å²) in [5, 5.41) is 5.23. The third-order valence-corrected chi connectivity index (χ3v) is 4.18. The van der Waals surface area contributed by atoms with Gasteiger partial charge in [0.1, 0.15) is 0 Å². The molecule has 1 aromatic rings. The monoisotopic (exact) mass is 319 g/mol. The molecule has 0 spiro atoms. The number of amides is 3. The number of rotatable bonds is 6. The van der Waals surface area contributed by atoms with Crippen LogP contribution in [0.4, 0.5) is 15.3 Å². The van der Waals surface area contributed by atoms with Crippen LogP contribution in [0.15, 0.2) is 24.3 Å². The van der Waals surface area contributed by atoms with E-state index in [1.165, 1.54) is 32.1 Å². The highest BCUT2D eigenvalue weighted by atomic mass is 16.5. The Morgan fingerprint density at radius 3 is 2.65 bits per heavy atom. The molecule has 0 aliphatic heterocycles. The molecule has 0 atom stereocenters.